The van der Waals surface area contributed by atoms with Crippen molar-refractivity contribution in [3.05, 3.63) is 76.9 Å². The molecule has 1 atom stereocenters. The van der Waals surface area contributed by atoms with Crippen molar-refractivity contribution in [2.45, 2.75) is 33.2 Å². The van der Waals surface area contributed by atoms with Gasteiger partial charge in [-0.25, -0.2) is 0 Å². The lowest BCUT2D eigenvalue weighted by Crippen LogP contribution is -2.28. The van der Waals surface area contributed by atoms with Gasteiger partial charge in [0, 0.05) is 0 Å². The first-order valence-electron chi connectivity index (χ1n) is 8.98. The number of fused-ring (bicyclic) bond motifs is 1. The molecule has 3 aromatic rings. The van der Waals surface area contributed by atoms with Gasteiger partial charge >= 0.3 is 0 Å². The number of methoxy groups -OCH3 is 1. The fraction of sp³-hybridized carbons (Fsp3) is 0.261. The lowest BCUT2D eigenvalue weighted by atomic mass is 9.98. The number of benzene rings is 3. The second-order valence-electron chi connectivity index (χ2n) is 6.68. The van der Waals surface area contributed by atoms with Gasteiger partial charge in [0.1, 0.15) is 5.75 Å². The Morgan fingerprint density at radius 3 is 2.31 bits per heavy atom. The van der Waals surface area contributed by atoms with Gasteiger partial charge in [-0.3, -0.25) is 4.79 Å². The Hall–Kier alpha value is -2.81. The van der Waals surface area contributed by atoms with E-state index in [9.17, 15) is 4.79 Å². The van der Waals surface area contributed by atoms with E-state index in [-0.39, 0.29) is 11.9 Å². The molecule has 3 heteroatoms. The first kappa shape index (κ1) is 18.0. The van der Waals surface area contributed by atoms with Gasteiger partial charge in [-0.05, 0) is 59.9 Å². The van der Waals surface area contributed by atoms with E-state index in [0.29, 0.717) is 11.3 Å². The number of amides is 1. The van der Waals surface area contributed by atoms with Gasteiger partial charge in [-0.15, -0.1) is 0 Å². The van der Waals surface area contributed by atoms with Crippen molar-refractivity contribution >= 4 is 16.7 Å². The van der Waals surface area contributed by atoms with Crippen LogP contribution in [0.15, 0.2) is 54.6 Å². The first-order valence-corrected chi connectivity index (χ1v) is 8.98. The number of hydrogen-bond acceptors (Lipinski definition) is 2. The van der Waals surface area contributed by atoms with Gasteiger partial charge in [0.2, 0.25) is 0 Å². The van der Waals surface area contributed by atoms with E-state index in [1.807, 2.05) is 36.4 Å². The van der Waals surface area contributed by atoms with Crippen molar-refractivity contribution in [3.63, 3.8) is 0 Å². The third-order valence-corrected chi connectivity index (χ3v) is 4.96. The SMILES string of the molecule is CC[C@H](NC(=O)c1cc2ccccc2cc1OC)c1ccc(C)c(C)c1. The van der Waals surface area contributed by atoms with Crippen LogP contribution in [0.5, 0.6) is 5.75 Å². The zero-order valence-corrected chi connectivity index (χ0v) is 15.8. The summed E-state index contributed by atoms with van der Waals surface area (Å²) >= 11 is 0. The van der Waals surface area contributed by atoms with Crippen LogP contribution in [-0.4, -0.2) is 13.0 Å². The molecular weight excluding hydrogens is 322 g/mol. The maximum atomic E-state index is 13.0. The normalized spacial score (nSPS) is 12.0. The quantitative estimate of drug-likeness (QED) is 0.676. The zero-order valence-electron chi connectivity index (χ0n) is 15.8. The Labute approximate surface area is 155 Å². The van der Waals surface area contributed by atoms with Crippen molar-refractivity contribution in [1.29, 1.82) is 0 Å². The lowest BCUT2D eigenvalue weighted by Gasteiger charge is -2.20. The number of rotatable bonds is 5. The molecule has 0 aliphatic heterocycles. The highest BCUT2D eigenvalue weighted by Crippen LogP contribution is 2.27. The second-order valence-corrected chi connectivity index (χ2v) is 6.68. The average molecular weight is 347 g/mol. The van der Waals surface area contributed by atoms with Crippen molar-refractivity contribution < 1.29 is 9.53 Å². The van der Waals surface area contributed by atoms with Gasteiger partial charge in [-0.1, -0.05) is 49.4 Å². The number of aryl methyl sites for hydroxylation is 2. The standard InChI is InChI=1S/C23H25NO2/c1-5-21(19-11-10-15(2)16(3)12-19)24-23(25)20-13-17-8-6-7-9-18(17)14-22(20)26-4/h6-14,21H,5H2,1-4H3,(H,24,25)/t21-/m0/s1. The van der Waals surface area contributed by atoms with Crippen molar-refractivity contribution in [3.8, 4) is 5.75 Å². The summed E-state index contributed by atoms with van der Waals surface area (Å²) < 4.78 is 5.47. The molecular formula is C23H25NO2. The average Bonchev–Trinajstić information content (AvgIpc) is 2.67. The number of carbonyl (C=O) groups excluding carboxylic acids is 1. The van der Waals surface area contributed by atoms with Gasteiger partial charge in [0.15, 0.2) is 0 Å². The second kappa shape index (κ2) is 7.61. The lowest BCUT2D eigenvalue weighted by molar-refractivity contribution is 0.0932. The summed E-state index contributed by atoms with van der Waals surface area (Å²) in [4.78, 5) is 13.0. The Kier molecular flexibility index (Phi) is 5.27. The number of hydrogen-bond donors (Lipinski definition) is 1. The van der Waals surface area contributed by atoms with Gasteiger partial charge in [0.25, 0.3) is 5.91 Å². The van der Waals surface area contributed by atoms with Gasteiger partial charge in [-0.2, -0.15) is 0 Å². The predicted molar refractivity (Wildman–Crippen MR) is 107 cm³/mol. The maximum Gasteiger partial charge on any atom is 0.255 e. The number of nitrogens with one attached hydrogen (secondary N) is 1. The molecule has 1 amide bonds. The molecule has 1 N–H and O–H groups in total. The van der Waals surface area contributed by atoms with E-state index < -0.39 is 0 Å². The molecule has 0 radical (unpaired) electrons. The van der Waals surface area contributed by atoms with Crippen LogP contribution in [0.3, 0.4) is 0 Å². The Morgan fingerprint density at radius 2 is 1.69 bits per heavy atom. The first-order chi connectivity index (χ1) is 12.5. The summed E-state index contributed by atoms with van der Waals surface area (Å²) in [5.41, 5.74) is 4.18. The fourth-order valence-electron chi connectivity index (χ4n) is 3.20. The molecule has 0 saturated heterocycles. The summed E-state index contributed by atoms with van der Waals surface area (Å²) in [6, 6.07) is 18.1. The van der Waals surface area contributed by atoms with Crippen molar-refractivity contribution in [2.75, 3.05) is 7.11 Å². The van der Waals surface area contributed by atoms with Crippen LogP contribution >= 0.6 is 0 Å². The molecule has 0 spiro atoms. The highest BCUT2D eigenvalue weighted by molar-refractivity contribution is 6.01. The van der Waals surface area contributed by atoms with Crippen LogP contribution in [0.25, 0.3) is 10.8 Å². The molecule has 134 valence electrons. The van der Waals surface area contributed by atoms with E-state index in [4.69, 9.17) is 4.74 Å². The zero-order chi connectivity index (χ0) is 18.7. The molecule has 0 fully saturated rings. The summed E-state index contributed by atoms with van der Waals surface area (Å²) in [5, 5.41) is 5.25. The van der Waals surface area contributed by atoms with E-state index in [2.05, 4.69) is 44.3 Å². The fourth-order valence-corrected chi connectivity index (χ4v) is 3.20. The minimum absolute atomic E-state index is 0.0297. The van der Waals surface area contributed by atoms with Crippen molar-refractivity contribution in [1.82, 2.24) is 5.32 Å². The number of ether oxygens (including phenoxy) is 1. The minimum Gasteiger partial charge on any atom is -0.496 e. The van der Waals surface area contributed by atoms with E-state index in [1.54, 1.807) is 7.11 Å². The third-order valence-electron chi connectivity index (χ3n) is 4.96. The van der Waals surface area contributed by atoms with Crippen LogP contribution in [0.1, 0.15) is 46.4 Å². The predicted octanol–water partition coefficient (Wildman–Crippen LogP) is 5.35. The Morgan fingerprint density at radius 1 is 1.00 bits per heavy atom. The third kappa shape index (κ3) is 3.57. The number of carbonyl (C=O) groups is 1. The minimum atomic E-state index is -0.113. The topological polar surface area (TPSA) is 38.3 Å². The molecule has 0 unspecified atom stereocenters. The van der Waals surface area contributed by atoms with Crippen LogP contribution < -0.4 is 10.1 Å². The Balaban J connectivity index is 1.92. The molecule has 0 aromatic heterocycles. The highest BCUT2D eigenvalue weighted by Gasteiger charge is 2.18. The summed E-state index contributed by atoms with van der Waals surface area (Å²) in [6.45, 7) is 6.27. The molecule has 0 saturated carbocycles. The molecule has 0 heterocycles. The molecule has 0 aliphatic carbocycles. The summed E-state index contributed by atoms with van der Waals surface area (Å²) in [7, 11) is 1.60. The summed E-state index contributed by atoms with van der Waals surface area (Å²) in [5.74, 6) is 0.480. The molecule has 3 rings (SSSR count). The summed E-state index contributed by atoms with van der Waals surface area (Å²) in [6.07, 6.45) is 0.824. The molecule has 0 aliphatic rings. The van der Waals surface area contributed by atoms with Crippen LogP contribution in [0.2, 0.25) is 0 Å². The van der Waals surface area contributed by atoms with Crippen molar-refractivity contribution in [2.24, 2.45) is 0 Å². The molecule has 3 aromatic carbocycles. The van der Waals surface area contributed by atoms with Crippen LogP contribution in [0, 0.1) is 13.8 Å². The van der Waals surface area contributed by atoms with E-state index >= 15 is 0 Å². The smallest absolute Gasteiger partial charge is 0.255 e. The van der Waals surface area contributed by atoms with Crippen LogP contribution in [0.4, 0.5) is 0 Å². The largest absolute Gasteiger partial charge is 0.496 e. The van der Waals surface area contributed by atoms with Gasteiger partial charge in [0.05, 0.1) is 18.7 Å². The Bertz CT molecular complexity index is 946. The molecule has 26 heavy (non-hydrogen) atoms. The maximum absolute atomic E-state index is 13.0. The molecule has 0 bridgehead atoms. The van der Waals surface area contributed by atoms with E-state index in [1.165, 1.54) is 11.1 Å². The van der Waals surface area contributed by atoms with Crippen LogP contribution in [-0.2, 0) is 0 Å². The van der Waals surface area contributed by atoms with E-state index in [0.717, 1.165) is 22.8 Å². The molecule has 3 nitrogen and oxygen atoms in total. The monoisotopic (exact) mass is 347 g/mol. The highest BCUT2D eigenvalue weighted by atomic mass is 16.5. The van der Waals surface area contributed by atoms with Gasteiger partial charge < -0.3 is 10.1 Å².